The number of amides is 1. The van der Waals surface area contributed by atoms with Crippen LogP contribution in [-0.4, -0.2) is 37.6 Å². The van der Waals surface area contributed by atoms with Gasteiger partial charge in [-0.3, -0.25) is 4.79 Å². The molecule has 1 aliphatic rings. The second-order valence-electron chi connectivity index (χ2n) is 6.13. The molecule has 0 bridgehead atoms. The molecule has 1 atom stereocenters. The summed E-state index contributed by atoms with van der Waals surface area (Å²) >= 11 is 0. The van der Waals surface area contributed by atoms with E-state index >= 15 is 0 Å². The molecule has 1 rings (SSSR count). The van der Waals surface area contributed by atoms with Crippen molar-refractivity contribution in [3.8, 4) is 0 Å². The molecule has 0 spiro atoms. The molecule has 0 aromatic carbocycles. The quantitative estimate of drug-likeness (QED) is 0.755. The van der Waals surface area contributed by atoms with Gasteiger partial charge in [0.15, 0.2) is 0 Å². The molecule has 0 aliphatic carbocycles. The van der Waals surface area contributed by atoms with Crippen molar-refractivity contribution in [2.45, 2.75) is 52.9 Å². The van der Waals surface area contributed by atoms with Crippen molar-refractivity contribution in [2.24, 2.45) is 11.3 Å². The summed E-state index contributed by atoms with van der Waals surface area (Å²) in [5.41, 5.74) is -0.212. The minimum Gasteiger partial charge on any atom is -0.385 e. The zero-order valence-corrected chi connectivity index (χ0v) is 12.5. The number of hydrogen-bond donors (Lipinski definition) is 0. The van der Waals surface area contributed by atoms with Crippen LogP contribution in [0.1, 0.15) is 52.9 Å². The van der Waals surface area contributed by atoms with Gasteiger partial charge in [0.2, 0.25) is 5.91 Å². The lowest BCUT2D eigenvalue weighted by Crippen LogP contribution is -2.42. The highest BCUT2D eigenvalue weighted by Crippen LogP contribution is 2.27. The van der Waals surface area contributed by atoms with E-state index in [1.807, 2.05) is 0 Å². The van der Waals surface area contributed by atoms with Crippen LogP contribution in [0.3, 0.4) is 0 Å². The fraction of sp³-hybridized carbons (Fsp3) is 0.933. The molecular formula is C15H29NO2. The van der Waals surface area contributed by atoms with Gasteiger partial charge in [0.1, 0.15) is 0 Å². The van der Waals surface area contributed by atoms with Crippen molar-refractivity contribution in [1.29, 1.82) is 0 Å². The van der Waals surface area contributed by atoms with Crippen LogP contribution in [0.2, 0.25) is 0 Å². The van der Waals surface area contributed by atoms with E-state index in [-0.39, 0.29) is 5.41 Å². The minimum absolute atomic E-state index is 0.212. The Morgan fingerprint density at radius 1 is 1.39 bits per heavy atom. The summed E-state index contributed by atoms with van der Waals surface area (Å²) in [5, 5.41) is 0. The third-order valence-corrected chi connectivity index (χ3v) is 4.25. The van der Waals surface area contributed by atoms with Gasteiger partial charge in [-0.25, -0.2) is 0 Å². The maximum absolute atomic E-state index is 12.5. The van der Waals surface area contributed by atoms with E-state index in [0.29, 0.717) is 11.8 Å². The molecule has 1 saturated heterocycles. The van der Waals surface area contributed by atoms with E-state index in [4.69, 9.17) is 4.74 Å². The number of nitrogens with zero attached hydrogens (tertiary/aromatic N) is 1. The molecule has 0 saturated carbocycles. The summed E-state index contributed by atoms with van der Waals surface area (Å²) in [6.07, 6.45) is 5.61. The number of ether oxygens (including phenoxy) is 1. The average molecular weight is 255 g/mol. The summed E-state index contributed by atoms with van der Waals surface area (Å²) in [5.74, 6) is 0.943. The van der Waals surface area contributed by atoms with Crippen LogP contribution in [0.25, 0.3) is 0 Å². The highest BCUT2D eigenvalue weighted by atomic mass is 16.5. The van der Waals surface area contributed by atoms with Crippen molar-refractivity contribution >= 4 is 5.91 Å². The molecule has 18 heavy (non-hydrogen) atoms. The lowest BCUT2D eigenvalue weighted by molar-refractivity contribution is -0.141. The summed E-state index contributed by atoms with van der Waals surface area (Å²) in [4.78, 5) is 14.6. The van der Waals surface area contributed by atoms with Crippen molar-refractivity contribution in [3.05, 3.63) is 0 Å². The van der Waals surface area contributed by atoms with Crippen molar-refractivity contribution in [3.63, 3.8) is 0 Å². The van der Waals surface area contributed by atoms with Gasteiger partial charge in [-0.2, -0.15) is 0 Å². The summed E-state index contributed by atoms with van der Waals surface area (Å²) in [7, 11) is 1.75. The van der Waals surface area contributed by atoms with Crippen molar-refractivity contribution in [1.82, 2.24) is 4.90 Å². The molecule has 0 radical (unpaired) electrons. The molecule has 106 valence electrons. The normalized spacial score (nSPS) is 21.8. The molecule has 1 heterocycles. The molecular weight excluding hydrogens is 226 g/mol. The maximum atomic E-state index is 12.5. The Balaban J connectivity index is 2.61. The molecule has 0 aromatic rings. The Morgan fingerprint density at radius 2 is 2.11 bits per heavy atom. The van der Waals surface area contributed by atoms with Gasteiger partial charge in [-0.15, -0.1) is 0 Å². The Labute approximate surface area is 112 Å². The van der Waals surface area contributed by atoms with Crippen LogP contribution in [0.4, 0.5) is 0 Å². The first-order valence-corrected chi connectivity index (χ1v) is 7.29. The van der Waals surface area contributed by atoms with Crippen LogP contribution >= 0.6 is 0 Å². The first-order valence-electron chi connectivity index (χ1n) is 7.29. The molecule has 0 N–H and O–H groups in total. The lowest BCUT2D eigenvalue weighted by Gasteiger charge is -2.32. The molecule has 1 amide bonds. The largest absolute Gasteiger partial charge is 0.385 e. The summed E-state index contributed by atoms with van der Waals surface area (Å²) in [6.45, 7) is 8.88. The summed E-state index contributed by atoms with van der Waals surface area (Å²) < 4.78 is 5.17. The van der Waals surface area contributed by atoms with Crippen LogP contribution < -0.4 is 0 Å². The van der Waals surface area contributed by atoms with Gasteiger partial charge in [0.05, 0.1) is 0 Å². The molecule has 3 nitrogen and oxygen atoms in total. The van der Waals surface area contributed by atoms with Gasteiger partial charge in [0.25, 0.3) is 0 Å². The van der Waals surface area contributed by atoms with Gasteiger partial charge in [-0.1, -0.05) is 27.2 Å². The number of hydrogen-bond acceptors (Lipinski definition) is 2. The minimum atomic E-state index is -0.212. The standard InChI is InChI=1S/C15H29NO2/c1-5-15(2,3)14(17)16-10-7-6-8-13(12-16)9-11-18-4/h13H,5-12H2,1-4H3/t13-/m1/s1. The van der Waals surface area contributed by atoms with E-state index in [1.54, 1.807) is 7.11 Å². The number of carbonyl (C=O) groups is 1. The van der Waals surface area contributed by atoms with Gasteiger partial charge >= 0.3 is 0 Å². The molecule has 0 aromatic heterocycles. The fourth-order valence-corrected chi connectivity index (χ4v) is 2.51. The highest BCUT2D eigenvalue weighted by Gasteiger charge is 2.32. The first kappa shape index (κ1) is 15.5. The second kappa shape index (κ2) is 7.13. The molecule has 1 fully saturated rings. The SMILES string of the molecule is CCC(C)(C)C(=O)N1CCCC[C@H](CCOC)C1. The molecule has 0 unspecified atom stereocenters. The highest BCUT2D eigenvalue weighted by molar-refractivity contribution is 5.81. The maximum Gasteiger partial charge on any atom is 0.228 e. The smallest absolute Gasteiger partial charge is 0.228 e. The third kappa shape index (κ3) is 4.27. The van der Waals surface area contributed by atoms with E-state index in [2.05, 4.69) is 25.7 Å². The number of likely N-dealkylation sites (tertiary alicyclic amines) is 1. The van der Waals surface area contributed by atoms with Gasteiger partial charge in [0, 0.05) is 32.2 Å². The lowest BCUT2D eigenvalue weighted by atomic mass is 9.88. The zero-order chi connectivity index (χ0) is 13.6. The number of rotatable bonds is 5. The Morgan fingerprint density at radius 3 is 2.72 bits per heavy atom. The van der Waals surface area contributed by atoms with Gasteiger partial charge in [-0.05, 0) is 31.6 Å². The Bertz CT molecular complexity index is 263. The topological polar surface area (TPSA) is 29.5 Å². The molecule has 1 aliphatic heterocycles. The van der Waals surface area contributed by atoms with E-state index in [0.717, 1.165) is 39.0 Å². The number of carbonyl (C=O) groups excluding carboxylic acids is 1. The van der Waals surface area contributed by atoms with E-state index in [9.17, 15) is 4.79 Å². The zero-order valence-electron chi connectivity index (χ0n) is 12.5. The van der Waals surface area contributed by atoms with Gasteiger partial charge < -0.3 is 9.64 Å². The summed E-state index contributed by atoms with van der Waals surface area (Å²) in [6, 6.07) is 0. The Hall–Kier alpha value is -0.570. The van der Waals surface area contributed by atoms with Crippen LogP contribution in [-0.2, 0) is 9.53 Å². The number of methoxy groups -OCH3 is 1. The van der Waals surface area contributed by atoms with Crippen LogP contribution in [0, 0.1) is 11.3 Å². The van der Waals surface area contributed by atoms with Crippen LogP contribution in [0.5, 0.6) is 0 Å². The monoisotopic (exact) mass is 255 g/mol. The van der Waals surface area contributed by atoms with Crippen molar-refractivity contribution < 1.29 is 9.53 Å². The fourth-order valence-electron chi connectivity index (χ4n) is 2.51. The predicted octanol–water partition coefficient (Wildman–Crippen LogP) is 3.09. The first-order chi connectivity index (χ1) is 8.51. The Kier molecular flexibility index (Phi) is 6.13. The average Bonchev–Trinajstić information content (AvgIpc) is 2.60. The second-order valence-corrected chi connectivity index (χ2v) is 6.13. The molecule has 3 heteroatoms. The van der Waals surface area contributed by atoms with Crippen LogP contribution in [0.15, 0.2) is 0 Å². The van der Waals surface area contributed by atoms with E-state index in [1.165, 1.54) is 12.8 Å². The van der Waals surface area contributed by atoms with E-state index < -0.39 is 0 Å². The van der Waals surface area contributed by atoms with Crippen molar-refractivity contribution in [2.75, 3.05) is 26.8 Å². The third-order valence-electron chi connectivity index (χ3n) is 4.25. The predicted molar refractivity (Wildman–Crippen MR) is 74.5 cm³/mol.